The monoisotopic (exact) mass is 346 g/mol. The van der Waals surface area contributed by atoms with Crippen LogP contribution in [0, 0.1) is 0 Å². The van der Waals surface area contributed by atoms with E-state index in [9.17, 15) is 20.1 Å². The van der Waals surface area contributed by atoms with Crippen molar-refractivity contribution >= 4 is 5.97 Å². The van der Waals surface area contributed by atoms with Crippen LogP contribution in [0.1, 0.15) is 26.7 Å². The Morgan fingerprint density at radius 2 is 1.92 bits per heavy atom. The van der Waals surface area contributed by atoms with E-state index in [1.54, 1.807) is 13.8 Å². The summed E-state index contributed by atoms with van der Waals surface area (Å²) in [6.07, 6.45) is -2.48. The van der Waals surface area contributed by atoms with E-state index in [1.165, 1.54) is 12.2 Å². The minimum Gasteiger partial charge on any atom is -0.478 e. The Labute approximate surface area is 140 Å². The summed E-state index contributed by atoms with van der Waals surface area (Å²) in [5, 5.41) is 47.3. The summed E-state index contributed by atoms with van der Waals surface area (Å²) in [5.41, 5.74) is -1.09. The van der Waals surface area contributed by atoms with Gasteiger partial charge < -0.3 is 35.0 Å². The molecule has 0 spiro atoms. The number of hydrogen-bond donors (Lipinski definition) is 5. The second-order valence-corrected chi connectivity index (χ2v) is 6.05. The lowest BCUT2D eigenvalue weighted by molar-refractivity contribution is -0.313. The molecule has 24 heavy (non-hydrogen) atoms. The molecule has 5 N–H and O–H groups in total. The Bertz CT molecular complexity index is 477. The maximum atomic E-state index is 10.8. The van der Waals surface area contributed by atoms with E-state index < -0.39 is 48.9 Å². The largest absolute Gasteiger partial charge is 0.478 e. The highest BCUT2D eigenvalue weighted by atomic mass is 16.7. The highest BCUT2D eigenvalue weighted by Crippen LogP contribution is 2.28. The quantitative estimate of drug-likeness (QED) is 0.295. The summed E-state index contributed by atoms with van der Waals surface area (Å²) in [4.78, 5) is 10.8. The van der Waals surface area contributed by atoms with E-state index in [2.05, 4.69) is 6.58 Å². The third-order valence-corrected chi connectivity index (χ3v) is 4.10. The zero-order chi connectivity index (χ0) is 18.5. The van der Waals surface area contributed by atoms with Gasteiger partial charge in [0.05, 0.1) is 23.9 Å². The predicted octanol–water partition coefficient (Wildman–Crippen LogP) is -0.441. The molecule has 0 saturated carbocycles. The smallest absolute Gasteiger partial charge is 0.333 e. The van der Waals surface area contributed by atoms with Crippen molar-refractivity contribution in [2.24, 2.45) is 0 Å². The Balaban J connectivity index is 2.74. The van der Waals surface area contributed by atoms with Gasteiger partial charge in [0.1, 0.15) is 18.3 Å². The molecule has 6 atom stereocenters. The van der Waals surface area contributed by atoms with Crippen molar-refractivity contribution in [3.05, 3.63) is 24.3 Å². The molecule has 1 aliphatic heterocycles. The SMILES string of the molecule is C=CC(C)(CC/C=C(/CO)C(=O)O)O[C@@H]1O[C@H](C)[C@@H](O)[C@H](O)[C@H]1O. The third kappa shape index (κ3) is 5.10. The molecule has 0 aromatic rings. The number of aliphatic hydroxyl groups excluding tert-OH is 4. The van der Waals surface area contributed by atoms with Crippen molar-refractivity contribution in [3.63, 3.8) is 0 Å². The van der Waals surface area contributed by atoms with Crippen molar-refractivity contribution in [2.45, 2.75) is 63.0 Å². The summed E-state index contributed by atoms with van der Waals surface area (Å²) in [6.45, 7) is 6.31. The molecule has 1 saturated heterocycles. The Morgan fingerprint density at radius 3 is 2.42 bits per heavy atom. The van der Waals surface area contributed by atoms with E-state index in [0.717, 1.165) is 0 Å². The van der Waals surface area contributed by atoms with Crippen molar-refractivity contribution in [3.8, 4) is 0 Å². The first-order chi connectivity index (χ1) is 11.1. The predicted molar refractivity (Wildman–Crippen MR) is 84.1 cm³/mol. The molecule has 0 aromatic carbocycles. The third-order valence-electron chi connectivity index (χ3n) is 4.10. The summed E-state index contributed by atoms with van der Waals surface area (Å²) < 4.78 is 11.1. The molecular formula is C16H26O8. The zero-order valence-corrected chi connectivity index (χ0v) is 13.8. The molecule has 0 aromatic heterocycles. The molecular weight excluding hydrogens is 320 g/mol. The molecule has 8 nitrogen and oxygen atoms in total. The molecule has 8 heteroatoms. The first-order valence-corrected chi connectivity index (χ1v) is 7.69. The first-order valence-electron chi connectivity index (χ1n) is 7.69. The Kier molecular flexibility index (Phi) is 7.53. The van der Waals surface area contributed by atoms with Gasteiger partial charge in [0.25, 0.3) is 0 Å². The van der Waals surface area contributed by atoms with Crippen molar-refractivity contribution in [2.75, 3.05) is 6.61 Å². The number of hydrogen-bond acceptors (Lipinski definition) is 7. The number of rotatable bonds is 8. The minimum absolute atomic E-state index is 0.123. The van der Waals surface area contributed by atoms with Gasteiger partial charge in [-0.2, -0.15) is 0 Å². The van der Waals surface area contributed by atoms with E-state index in [-0.39, 0.29) is 12.0 Å². The van der Waals surface area contributed by atoms with Gasteiger partial charge in [-0.25, -0.2) is 4.79 Å². The Hall–Kier alpha value is -1.29. The van der Waals surface area contributed by atoms with Gasteiger partial charge in [0.15, 0.2) is 6.29 Å². The highest BCUT2D eigenvalue weighted by Gasteiger charge is 2.44. The van der Waals surface area contributed by atoms with Gasteiger partial charge in [0, 0.05) is 0 Å². The molecule has 0 amide bonds. The molecule has 0 radical (unpaired) electrons. The first kappa shape index (κ1) is 20.8. The van der Waals surface area contributed by atoms with Crippen molar-refractivity contribution in [1.29, 1.82) is 0 Å². The van der Waals surface area contributed by atoms with Crippen LogP contribution in [0.2, 0.25) is 0 Å². The van der Waals surface area contributed by atoms with Crippen LogP contribution >= 0.6 is 0 Å². The van der Waals surface area contributed by atoms with Crippen LogP contribution < -0.4 is 0 Å². The maximum absolute atomic E-state index is 10.8. The average Bonchev–Trinajstić information content (AvgIpc) is 2.54. The second-order valence-electron chi connectivity index (χ2n) is 6.05. The minimum atomic E-state index is -1.43. The topological polar surface area (TPSA) is 137 Å². The summed E-state index contributed by atoms with van der Waals surface area (Å²) in [7, 11) is 0. The average molecular weight is 346 g/mol. The van der Waals surface area contributed by atoms with Gasteiger partial charge in [0.2, 0.25) is 0 Å². The summed E-state index contributed by atoms with van der Waals surface area (Å²) in [6, 6.07) is 0. The van der Waals surface area contributed by atoms with Gasteiger partial charge in [-0.05, 0) is 26.7 Å². The number of aliphatic carboxylic acids is 1. The number of aliphatic hydroxyl groups is 4. The highest BCUT2D eigenvalue weighted by molar-refractivity contribution is 5.86. The van der Waals surface area contributed by atoms with E-state index in [4.69, 9.17) is 19.7 Å². The van der Waals surface area contributed by atoms with Crippen LogP contribution in [0.5, 0.6) is 0 Å². The van der Waals surface area contributed by atoms with Gasteiger partial charge in [-0.15, -0.1) is 6.58 Å². The number of ether oxygens (including phenoxy) is 2. The van der Waals surface area contributed by atoms with Crippen LogP contribution in [0.3, 0.4) is 0 Å². The lowest BCUT2D eigenvalue weighted by Gasteiger charge is -2.42. The number of allylic oxidation sites excluding steroid dienone is 1. The molecule has 1 heterocycles. The van der Waals surface area contributed by atoms with Crippen LogP contribution in [0.4, 0.5) is 0 Å². The fraction of sp³-hybridized carbons (Fsp3) is 0.688. The van der Waals surface area contributed by atoms with Crippen LogP contribution in [0.25, 0.3) is 0 Å². The van der Waals surface area contributed by atoms with E-state index in [1.807, 2.05) is 0 Å². The molecule has 1 unspecified atom stereocenters. The molecule has 0 aliphatic carbocycles. The van der Waals surface area contributed by atoms with Crippen molar-refractivity contribution in [1.82, 2.24) is 0 Å². The molecule has 1 rings (SSSR count). The van der Waals surface area contributed by atoms with Gasteiger partial charge >= 0.3 is 5.97 Å². The molecule has 1 fully saturated rings. The van der Waals surface area contributed by atoms with Crippen molar-refractivity contribution < 1.29 is 39.8 Å². The summed E-state index contributed by atoms with van der Waals surface area (Å²) >= 11 is 0. The standard InChI is InChI=1S/C16H26O8/c1-4-16(3,7-5-6-10(8-17)14(21)22)24-15-13(20)12(19)11(18)9(2)23-15/h4,6,9,11-13,15,17-20H,1,5,7-8H2,2-3H3,(H,21,22)/b10-6-/t9-,11-,12+,13-,15+,16?/m1/s1. The van der Waals surface area contributed by atoms with E-state index in [0.29, 0.717) is 6.42 Å². The maximum Gasteiger partial charge on any atom is 0.333 e. The zero-order valence-electron chi connectivity index (χ0n) is 13.8. The lowest BCUT2D eigenvalue weighted by Crippen LogP contribution is -2.58. The molecule has 138 valence electrons. The summed E-state index contributed by atoms with van der Waals surface area (Å²) in [5.74, 6) is -1.20. The lowest BCUT2D eigenvalue weighted by atomic mass is 9.97. The number of carboxylic acid groups (broad SMARTS) is 1. The Morgan fingerprint density at radius 1 is 1.29 bits per heavy atom. The molecule has 1 aliphatic rings. The number of carboxylic acids is 1. The van der Waals surface area contributed by atoms with Crippen LogP contribution in [0.15, 0.2) is 24.3 Å². The second kappa shape index (κ2) is 8.70. The fourth-order valence-corrected chi connectivity index (χ4v) is 2.34. The number of carbonyl (C=O) groups is 1. The van der Waals surface area contributed by atoms with E-state index >= 15 is 0 Å². The van der Waals surface area contributed by atoms with Gasteiger partial charge in [-0.3, -0.25) is 0 Å². The van der Waals surface area contributed by atoms with Crippen LogP contribution in [-0.4, -0.2) is 74.4 Å². The molecule has 0 bridgehead atoms. The fourth-order valence-electron chi connectivity index (χ4n) is 2.34. The van der Waals surface area contributed by atoms with Gasteiger partial charge in [-0.1, -0.05) is 12.2 Å². The normalized spacial score (nSPS) is 33.8. The van der Waals surface area contributed by atoms with Crippen LogP contribution in [-0.2, 0) is 14.3 Å².